The monoisotopic (exact) mass is 279 g/mol. The highest BCUT2D eigenvalue weighted by Crippen LogP contribution is 2.30. The molecule has 0 amide bonds. The summed E-state index contributed by atoms with van der Waals surface area (Å²) in [5.41, 5.74) is 0.722. The number of benzene rings is 1. The standard InChI is InChI=1S/C14H17NO5/c1-14(2)19-9-12(16)13(20-14)11(8-15(17)18)10-6-4-3-5-7-10/h3-7,11,13H,8-9H2,1-2H3/t11-,13-/m0/s1. The molecule has 1 saturated heterocycles. The maximum atomic E-state index is 12.0. The molecule has 2 atom stereocenters. The Balaban J connectivity index is 2.30. The van der Waals surface area contributed by atoms with E-state index in [1.807, 2.05) is 6.07 Å². The van der Waals surface area contributed by atoms with Crippen LogP contribution in [0.15, 0.2) is 30.3 Å². The lowest BCUT2D eigenvalue weighted by Crippen LogP contribution is -2.49. The normalized spacial score (nSPS) is 23.3. The molecule has 1 aromatic carbocycles. The van der Waals surface area contributed by atoms with Crippen molar-refractivity contribution in [3.05, 3.63) is 46.0 Å². The van der Waals surface area contributed by atoms with Crippen LogP contribution < -0.4 is 0 Å². The lowest BCUT2D eigenvalue weighted by Gasteiger charge is -2.37. The van der Waals surface area contributed by atoms with Crippen LogP contribution in [-0.2, 0) is 14.3 Å². The second-order valence-corrected chi connectivity index (χ2v) is 5.23. The van der Waals surface area contributed by atoms with E-state index in [2.05, 4.69) is 0 Å². The summed E-state index contributed by atoms with van der Waals surface area (Å²) in [5.74, 6) is -1.79. The minimum absolute atomic E-state index is 0.0846. The molecule has 0 saturated carbocycles. The van der Waals surface area contributed by atoms with Crippen molar-refractivity contribution in [2.24, 2.45) is 0 Å². The Labute approximate surface area is 116 Å². The highest BCUT2D eigenvalue weighted by Gasteiger charge is 2.42. The van der Waals surface area contributed by atoms with Crippen LogP contribution in [0.25, 0.3) is 0 Å². The van der Waals surface area contributed by atoms with Crippen LogP contribution in [0.4, 0.5) is 0 Å². The van der Waals surface area contributed by atoms with Crippen molar-refractivity contribution in [1.82, 2.24) is 0 Å². The van der Waals surface area contributed by atoms with E-state index >= 15 is 0 Å². The third-order valence-electron chi connectivity index (χ3n) is 3.23. The molecule has 1 aliphatic rings. The van der Waals surface area contributed by atoms with Crippen LogP contribution in [0.3, 0.4) is 0 Å². The third-order valence-corrected chi connectivity index (χ3v) is 3.23. The SMILES string of the molecule is CC1(C)OCC(=O)[C@H]([C@@H](C[N+](=O)[O-])c2ccccc2)O1. The van der Waals surface area contributed by atoms with Gasteiger partial charge in [0.05, 0.1) is 5.92 Å². The van der Waals surface area contributed by atoms with E-state index < -0.39 is 22.7 Å². The van der Waals surface area contributed by atoms with E-state index in [9.17, 15) is 14.9 Å². The number of hydrogen-bond donors (Lipinski definition) is 0. The maximum Gasteiger partial charge on any atom is 0.213 e. The number of ketones is 1. The van der Waals surface area contributed by atoms with Gasteiger partial charge >= 0.3 is 0 Å². The Kier molecular flexibility index (Phi) is 4.15. The van der Waals surface area contributed by atoms with Gasteiger partial charge in [0.1, 0.15) is 12.7 Å². The minimum atomic E-state index is -0.914. The first-order chi connectivity index (χ1) is 9.39. The van der Waals surface area contributed by atoms with Gasteiger partial charge in [0.2, 0.25) is 6.54 Å². The highest BCUT2D eigenvalue weighted by molar-refractivity contribution is 5.86. The summed E-state index contributed by atoms with van der Waals surface area (Å²) in [6, 6.07) is 8.94. The summed E-state index contributed by atoms with van der Waals surface area (Å²) < 4.78 is 10.9. The van der Waals surface area contributed by atoms with E-state index in [0.29, 0.717) is 0 Å². The zero-order valence-corrected chi connectivity index (χ0v) is 11.4. The van der Waals surface area contributed by atoms with Crippen LogP contribution in [-0.4, -0.2) is 35.7 Å². The van der Waals surface area contributed by atoms with Gasteiger partial charge < -0.3 is 9.47 Å². The van der Waals surface area contributed by atoms with Crippen molar-refractivity contribution in [3.63, 3.8) is 0 Å². The van der Waals surface area contributed by atoms with E-state index in [4.69, 9.17) is 9.47 Å². The number of ether oxygens (including phenoxy) is 2. The smallest absolute Gasteiger partial charge is 0.213 e. The van der Waals surface area contributed by atoms with E-state index in [0.717, 1.165) is 5.56 Å². The zero-order valence-electron chi connectivity index (χ0n) is 11.4. The van der Waals surface area contributed by atoms with Crippen LogP contribution in [0.1, 0.15) is 25.3 Å². The van der Waals surface area contributed by atoms with Crippen molar-refractivity contribution >= 4 is 5.78 Å². The molecule has 0 unspecified atom stereocenters. The van der Waals surface area contributed by atoms with Gasteiger partial charge in [0, 0.05) is 4.92 Å². The molecule has 1 heterocycles. The van der Waals surface area contributed by atoms with Gasteiger partial charge in [0.15, 0.2) is 11.6 Å². The summed E-state index contributed by atoms with van der Waals surface area (Å²) in [6.45, 7) is 2.95. The number of hydrogen-bond acceptors (Lipinski definition) is 5. The number of rotatable bonds is 4. The quantitative estimate of drug-likeness (QED) is 0.620. The minimum Gasteiger partial charge on any atom is -0.343 e. The Bertz CT molecular complexity index is 500. The Morgan fingerprint density at radius 3 is 2.65 bits per heavy atom. The molecule has 20 heavy (non-hydrogen) atoms. The van der Waals surface area contributed by atoms with Crippen LogP contribution in [0.2, 0.25) is 0 Å². The number of nitro groups is 1. The molecule has 1 aliphatic heterocycles. The Morgan fingerprint density at radius 2 is 2.05 bits per heavy atom. The predicted molar refractivity (Wildman–Crippen MR) is 71.0 cm³/mol. The molecule has 6 heteroatoms. The average molecular weight is 279 g/mol. The second-order valence-electron chi connectivity index (χ2n) is 5.23. The van der Waals surface area contributed by atoms with Crippen molar-refractivity contribution in [1.29, 1.82) is 0 Å². The molecule has 0 aliphatic carbocycles. The fourth-order valence-corrected chi connectivity index (χ4v) is 2.28. The van der Waals surface area contributed by atoms with Gasteiger partial charge in [-0.25, -0.2) is 0 Å². The number of carbonyl (C=O) groups is 1. The lowest BCUT2D eigenvalue weighted by atomic mass is 9.90. The van der Waals surface area contributed by atoms with Crippen molar-refractivity contribution in [3.8, 4) is 0 Å². The lowest BCUT2D eigenvalue weighted by molar-refractivity contribution is -0.486. The van der Waals surface area contributed by atoms with Gasteiger partial charge in [-0.2, -0.15) is 0 Å². The Morgan fingerprint density at radius 1 is 1.40 bits per heavy atom. The predicted octanol–water partition coefficient (Wildman–Crippen LogP) is 1.77. The molecule has 2 rings (SSSR count). The number of carbonyl (C=O) groups excluding carboxylic acids is 1. The van der Waals surface area contributed by atoms with Crippen LogP contribution in [0, 0.1) is 10.1 Å². The second kappa shape index (κ2) is 5.68. The van der Waals surface area contributed by atoms with Gasteiger partial charge in [-0.05, 0) is 19.4 Å². The summed E-state index contributed by atoms with van der Waals surface area (Å²) in [4.78, 5) is 22.5. The van der Waals surface area contributed by atoms with E-state index in [1.165, 1.54) is 0 Å². The third kappa shape index (κ3) is 3.40. The zero-order chi connectivity index (χ0) is 14.8. The molecular weight excluding hydrogens is 262 g/mol. The maximum absolute atomic E-state index is 12.0. The van der Waals surface area contributed by atoms with Crippen molar-refractivity contribution in [2.45, 2.75) is 31.7 Å². The first-order valence-electron chi connectivity index (χ1n) is 6.40. The van der Waals surface area contributed by atoms with Crippen LogP contribution >= 0.6 is 0 Å². The summed E-state index contributed by atoms with van der Waals surface area (Å²) in [7, 11) is 0. The fourth-order valence-electron chi connectivity index (χ4n) is 2.28. The topological polar surface area (TPSA) is 78.7 Å². The van der Waals surface area contributed by atoms with Crippen molar-refractivity contribution in [2.75, 3.05) is 13.2 Å². The summed E-state index contributed by atoms with van der Waals surface area (Å²) >= 11 is 0. The summed E-state index contributed by atoms with van der Waals surface area (Å²) in [6.07, 6.45) is -0.855. The molecule has 0 radical (unpaired) electrons. The molecule has 108 valence electrons. The van der Waals surface area contributed by atoms with E-state index in [1.54, 1.807) is 38.1 Å². The molecule has 1 aromatic rings. The highest BCUT2D eigenvalue weighted by atomic mass is 16.7. The fraction of sp³-hybridized carbons (Fsp3) is 0.500. The molecule has 6 nitrogen and oxygen atoms in total. The van der Waals surface area contributed by atoms with Gasteiger partial charge in [-0.15, -0.1) is 0 Å². The van der Waals surface area contributed by atoms with Gasteiger partial charge in [-0.1, -0.05) is 30.3 Å². The number of nitrogens with zero attached hydrogens (tertiary/aromatic N) is 1. The Hall–Kier alpha value is -1.79. The first-order valence-corrected chi connectivity index (χ1v) is 6.40. The van der Waals surface area contributed by atoms with Crippen molar-refractivity contribution < 1.29 is 19.2 Å². The molecular formula is C14H17NO5. The van der Waals surface area contributed by atoms with Gasteiger partial charge in [-0.3, -0.25) is 14.9 Å². The molecule has 0 N–H and O–H groups in total. The average Bonchev–Trinajstić information content (AvgIpc) is 2.40. The molecule has 0 spiro atoms. The van der Waals surface area contributed by atoms with Crippen LogP contribution in [0.5, 0.6) is 0 Å². The van der Waals surface area contributed by atoms with Gasteiger partial charge in [0.25, 0.3) is 0 Å². The molecule has 0 aromatic heterocycles. The largest absolute Gasteiger partial charge is 0.343 e. The molecule has 1 fully saturated rings. The number of Topliss-reactive ketones (excluding diaryl/α,β-unsaturated/α-hetero) is 1. The summed E-state index contributed by atoms with van der Waals surface area (Å²) in [5, 5.41) is 10.9. The van der Waals surface area contributed by atoms with E-state index in [-0.39, 0.29) is 18.9 Å². The first kappa shape index (κ1) is 14.6. The molecule has 0 bridgehead atoms.